The number of aromatic nitrogens is 2. The van der Waals surface area contributed by atoms with Crippen LogP contribution in [-0.4, -0.2) is 21.3 Å². The number of nitrogens with one attached hydrogen (secondary N) is 1. The molecule has 0 unspecified atom stereocenters. The number of aromatic amines is 1. The van der Waals surface area contributed by atoms with E-state index < -0.39 is 5.97 Å². The SMILES string of the molecule is Cc1[nH]nc(C(=O)O)c1S. The minimum absolute atomic E-state index is 0.0270. The zero-order valence-corrected chi connectivity index (χ0v) is 6.14. The summed E-state index contributed by atoms with van der Waals surface area (Å²) in [6.07, 6.45) is 0. The lowest BCUT2D eigenvalue weighted by Gasteiger charge is -1.86. The average molecular weight is 158 g/mol. The van der Waals surface area contributed by atoms with E-state index in [-0.39, 0.29) is 5.69 Å². The molecule has 0 aliphatic heterocycles. The van der Waals surface area contributed by atoms with Crippen molar-refractivity contribution < 1.29 is 9.90 Å². The Kier molecular flexibility index (Phi) is 1.67. The molecule has 1 aromatic rings. The lowest BCUT2D eigenvalue weighted by Crippen LogP contribution is -1.97. The van der Waals surface area contributed by atoms with E-state index in [1.807, 2.05) is 0 Å². The molecular formula is C5H6N2O2S. The average Bonchev–Trinajstić information content (AvgIpc) is 2.14. The van der Waals surface area contributed by atoms with Crippen molar-refractivity contribution in [1.29, 1.82) is 0 Å². The van der Waals surface area contributed by atoms with Crippen molar-refractivity contribution in [3.63, 3.8) is 0 Å². The zero-order chi connectivity index (χ0) is 7.72. The van der Waals surface area contributed by atoms with Gasteiger partial charge in [0.05, 0.1) is 4.90 Å². The number of aromatic carboxylic acids is 1. The van der Waals surface area contributed by atoms with Crippen molar-refractivity contribution in [3.8, 4) is 0 Å². The highest BCUT2D eigenvalue weighted by Gasteiger charge is 2.12. The lowest BCUT2D eigenvalue weighted by atomic mass is 10.4. The summed E-state index contributed by atoms with van der Waals surface area (Å²) in [6, 6.07) is 0. The molecule has 0 atom stereocenters. The molecule has 5 heteroatoms. The van der Waals surface area contributed by atoms with Crippen molar-refractivity contribution >= 4 is 18.6 Å². The molecule has 4 nitrogen and oxygen atoms in total. The highest BCUT2D eigenvalue weighted by Crippen LogP contribution is 2.13. The van der Waals surface area contributed by atoms with E-state index in [2.05, 4.69) is 22.8 Å². The minimum atomic E-state index is -1.06. The summed E-state index contributed by atoms with van der Waals surface area (Å²) in [5, 5.41) is 14.5. The fourth-order valence-corrected chi connectivity index (χ4v) is 0.768. The number of rotatable bonds is 1. The first kappa shape index (κ1) is 7.14. The van der Waals surface area contributed by atoms with Crippen molar-refractivity contribution in [2.75, 3.05) is 0 Å². The zero-order valence-electron chi connectivity index (χ0n) is 5.25. The topological polar surface area (TPSA) is 66.0 Å². The van der Waals surface area contributed by atoms with Gasteiger partial charge in [0.2, 0.25) is 0 Å². The van der Waals surface area contributed by atoms with Crippen LogP contribution in [0.25, 0.3) is 0 Å². The molecule has 0 saturated carbocycles. The summed E-state index contributed by atoms with van der Waals surface area (Å²) in [7, 11) is 0. The minimum Gasteiger partial charge on any atom is -0.476 e. The predicted molar refractivity (Wildman–Crippen MR) is 37.5 cm³/mol. The fourth-order valence-electron chi connectivity index (χ4n) is 0.572. The Balaban J connectivity index is 3.17. The molecule has 0 aliphatic rings. The summed E-state index contributed by atoms with van der Waals surface area (Å²) in [4.78, 5) is 10.7. The van der Waals surface area contributed by atoms with Gasteiger partial charge in [0.25, 0.3) is 0 Å². The van der Waals surface area contributed by atoms with Crippen molar-refractivity contribution in [2.45, 2.75) is 11.8 Å². The predicted octanol–water partition coefficient (Wildman–Crippen LogP) is 0.705. The molecule has 0 radical (unpaired) electrons. The van der Waals surface area contributed by atoms with Crippen LogP contribution in [-0.2, 0) is 0 Å². The maximum atomic E-state index is 10.3. The van der Waals surface area contributed by atoms with Crippen molar-refractivity contribution in [1.82, 2.24) is 10.2 Å². The van der Waals surface area contributed by atoms with Gasteiger partial charge in [0.15, 0.2) is 5.69 Å². The van der Waals surface area contributed by atoms with Crippen LogP contribution < -0.4 is 0 Å². The van der Waals surface area contributed by atoms with E-state index in [4.69, 9.17) is 5.11 Å². The van der Waals surface area contributed by atoms with Gasteiger partial charge in [-0.05, 0) is 6.92 Å². The number of carbonyl (C=O) groups is 1. The van der Waals surface area contributed by atoms with E-state index in [0.717, 1.165) is 0 Å². The van der Waals surface area contributed by atoms with E-state index in [0.29, 0.717) is 10.6 Å². The van der Waals surface area contributed by atoms with Gasteiger partial charge in [-0.3, -0.25) is 5.10 Å². The number of hydrogen-bond acceptors (Lipinski definition) is 3. The third-order valence-electron chi connectivity index (χ3n) is 1.12. The molecule has 0 saturated heterocycles. The quantitative estimate of drug-likeness (QED) is 0.527. The Morgan fingerprint density at radius 2 is 2.40 bits per heavy atom. The number of hydrogen-bond donors (Lipinski definition) is 3. The number of carboxylic acids is 1. The Morgan fingerprint density at radius 1 is 1.80 bits per heavy atom. The number of carboxylic acid groups (broad SMARTS) is 1. The van der Waals surface area contributed by atoms with Gasteiger partial charge in [-0.25, -0.2) is 4.79 Å². The molecule has 10 heavy (non-hydrogen) atoms. The summed E-state index contributed by atoms with van der Waals surface area (Å²) >= 11 is 3.93. The van der Waals surface area contributed by atoms with Crippen molar-refractivity contribution in [2.24, 2.45) is 0 Å². The van der Waals surface area contributed by atoms with Crippen LogP contribution in [0.5, 0.6) is 0 Å². The number of thiol groups is 1. The lowest BCUT2D eigenvalue weighted by molar-refractivity contribution is 0.0686. The second kappa shape index (κ2) is 2.34. The first-order valence-electron chi connectivity index (χ1n) is 2.60. The van der Waals surface area contributed by atoms with Crippen molar-refractivity contribution in [3.05, 3.63) is 11.4 Å². The highest BCUT2D eigenvalue weighted by molar-refractivity contribution is 7.80. The number of nitrogens with zero attached hydrogens (tertiary/aromatic N) is 1. The molecule has 1 aromatic heterocycles. The molecule has 0 aliphatic carbocycles. The highest BCUT2D eigenvalue weighted by atomic mass is 32.1. The molecule has 0 bridgehead atoms. The Bertz CT molecular complexity index is 269. The Hall–Kier alpha value is -0.970. The smallest absolute Gasteiger partial charge is 0.357 e. The molecule has 1 rings (SSSR count). The third-order valence-corrected chi connectivity index (χ3v) is 1.66. The molecule has 0 amide bonds. The first-order chi connectivity index (χ1) is 4.63. The summed E-state index contributed by atoms with van der Waals surface area (Å²) in [5.41, 5.74) is 0.640. The van der Waals surface area contributed by atoms with Crippen LogP contribution in [0.15, 0.2) is 4.90 Å². The summed E-state index contributed by atoms with van der Waals surface area (Å²) < 4.78 is 0. The van der Waals surface area contributed by atoms with E-state index in [1.54, 1.807) is 6.92 Å². The normalized spacial score (nSPS) is 9.80. The van der Waals surface area contributed by atoms with Gasteiger partial charge >= 0.3 is 5.97 Å². The maximum Gasteiger partial charge on any atom is 0.357 e. The molecule has 0 fully saturated rings. The van der Waals surface area contributed by atoms with Gasteiger partial charge in [-0.15, -0.1) is 12.6 Å². The second-order valence-electron chi connectivity index (χ2n) is 1.85. The fraction of sp³-hybridized carbons (Fsp3) is 0.200. The molecule has 2 N–H and O–H groups in total. The molecule has 1 heterocycles. The second-order valence-corrected chi connectivity index (χ2v) is 2.30. The number of H-pyrrole nitrogens is 1. The summed E-state index contributed by atoms with van der Waals surface area (Å²) in [5.74, 6) is -1.06. The van der Waals surface area contributed by atoms with Crippen LogP contribution in [0.4, 0.5) is 0 Å². The van der Waals surface area contributed by atoms with Crippen LogP contribution in [0, 0.1) is 6.92 Å². The Labute approximate surface area is 62.7 Å². The largest absolute Gasteiger partial charge is 0.476 e. The van der Waals surface area contributed by atoms with E-state index >= 15 is 0 Å². The van der Waals surface area contributed by atoms with Gasteiger partial charge in [-0.1, -0.05) is 0 Å². The van der Waals surface area contributed by atoms with E-state index in [9.17, 15) is 4.79 Å². The summed E-state index contributed by atoms with van der Waals surface area (Å²) in [6.45, 7) is 1.71. The van der Waals surface area contributed by atoms with Crippen LogP contribution in [0.2, 0.25) is 0 Å². The van der Waals surface area contributed by atoms with Gasteiger partial charge in [0, 0.05) is 5.69 Å². The molecule has 0 aromatic carbocycles. The molecular weight excluding hydrogens is 152 g/mol. The third kappa shape index (κ3) is 0.995. The number of aryl methyl sites for hydroxylation is 1. The maximum absolute atomic E-state index is 10.3. The molecule has 54 valence electrons. The monoisotopic (exact) mass is 158 g/mol. The van der Waals surface area contributed by atoms with Gasteiger partial charge in [0.1, 0.15) is 0 Å². The van der Waals surface area contributed by atoms with Crippen LogP contribution in [0.3, 0.4) is 0 Å². The van der Waals surface area contributed by atoms with Crippen LogP contribution in [0.1, 0.15) is 16.2 Å². The first-order valence-corrected chi connectivity index (χ1v) is 3.05. The van der Waals surface area contributed by atoms with E-state index in [1.165, 1.54) is 0 Å². The molecule has 0 spiro atoms. The van der Waals surface area contributed by atoms with Gasteiger partial charge in [-0.2, -0.15) is 5.10 Å². The van der Waals surface area contributed by atoms with Gasteiger partial charge < -0.3 is 5.11 Å². The van der Waals surface area contributed by atoms with Crippen LogP contribution >= 0.6 is 12.6 Å². The standard InChI is InChI=1S/C5H6N2O2S/c1-2-4(10)3(5(8)9)7-6-2/h10H,1H3,(H,6,7)(H,8,9). The Morgan fingerprint density at radius 3 is 2.60 bits per heavy atom.